The zero-order valence-corrected chi connectivity index (χ0v) is 17.1. The van der Waals surface area contributed by atoms with Crippen molar-refractivity contribution in [1.29, 1.82) is 0 Å². The summed E-state index contributed by atoms with van der Waals surface area (Å²) in [6, 6.07) is 10.8. The third-order valence-corrected chi connectivity index (χ3v) is 5.85. The average Bonchev–Trinajstić information content (AvgIpc) is 3.32. The molecule has 1 amide bonds. The first-order valence-electron chi connectivity index (χ1n) is 9.22. The quantitative estimate of drug-likeness (QED) is 0.500. The van der Waals surface area contributed by atoms with Gasteiger partial charge in [0.15, 0.2) is 0 Å². The molecule has 0 radical (unpaired) electrons. The Morgan fingerprint density at radius 3 is 2.57 bits per heavy atom. The molecule has 0 aliphatic rings. The highest BCUT2D eigenvalue weighted by Crippen LogP contribution is 2.28. The second kappa shape index (κ2) is 8.16. The molecule has 0 saturated carbocycles. The molecule has 0 fully saturated rings. The minimum absolute atomic E-state index is 0.183. The van der Waals surface area contributed by atoms with Crippen LogP contribution in [0.15, 0.2) is 54.9 Å². The van der Waals surface area contributed by atoms with Crippen molar-refractivity contribution in [2.24, 2.45) is 0 Å². The molecule has 4 rings (SSSR count). The maximum absolute atomic E-state index is 14.5. The largest absolute Gasteiger partial charge is 0.347 e. The summed E-state index contributed by atoms with van der Waals surface area (Å²) in [5.41, 5.74) is 2.38. The number of hydrogen-bond acceptors (Lipinski definition) is 4. The number of aromatic nitrogens is 3. The number of nitrogens with zero attached hydrogens (tertiary/aromatic N) is 3. The van der Waals surface area contributed by atoms with Crippen LogP contribution in [0.2, 0.25) is 0 Å². The summed E-state index contributed by atoms with van der Waals surface area (Å²) >= 11 is 1.24. The Morgan fingerprint density at radius 2 is 1.90 bits per heavy atom. The lowest BCUT2D eigenvalue weighted by atomic mass is 10.2. The fourth-order valence-corrected chi connectivity index (χ4v) is 4.06. The van der Waals surface area contributed by atoms with E-state index >= 15 is 0 Å². The van der Waals surface area contributed by atoms with E-state index < -0.39 is 5.82 Å². The molecule has 0 saturated heterocycles. The number of thiazole rings is 1. The number of carbonyl (C=O) groups is 1. The molecule has 0 atom stereocenters. The van der Waals surface area contributed by atoms with Gasteiger partial charge < -0.3 is 9.88 Å². The Hall–Kier alpha value is -3.39. The molecule has 5 nitrogen and oxygen atoms in total. The van der Waals surface area contributed by atoms with Crippen molar-refractivity contribution in [3.05, 3.63) is 88.5 Å². The Labute approximate surface area is 176 Å². The van der Waals surface area contributed by atoms with Gasteiger partial charge >= 0.3 is 0 Å². The van der Waals surface area contributed by atoms with Gasteiger partial charge in [0.05, 0.1) is 11.4 Å². The minimum atomic E-state index is -0.393. The van der Waals surface area contributed by atoms with Crippen molar-refractivity contribution in [1.82, 2.24) is 19.9 Å². The molecule has 1 N–H and O–H groups in total. The topological polar surface area (TPSA) is 59.8 Å². The molecule has 0 bridgehead atoms. The molecule has 0 spiro atoms. The molecule has 8 heteroatoms. The molecule has 2 aromatic carbocycles. The van der Waals surface area contributed by atoms with Gasteiger partial charge in [-0.1, -0.05) is 6.07 Å². The van der Waals surface area contributed by atoms with Crippen molar-refractivity contribution in [3.63, 3.8) is 0 Å². The SMILES string of the molecule is Cc1nc(-c2ccc(F)cc2)sc1C(=O)NCc1ccc(-n2ccnc2C)c(F)c1. The van der Waals surface area contributed by atoms with Crippen LogP contribution in [0.25, 0.3) is 16.3 Å². The van der Waals surface area contributed by atoms with Crippen molar-refractivity contribution >= 4 is 17.2 Å². The lowest BCUT2D eigenvalue weighted by molar-refractivity contribution is 0.0954. The predicted octanol–water partition coefficient (Wildman–Crippen LogP) is 4.82. The average molecular weight is 424 g/mol. The zero-order chi connectivity index (χ0) is 21.3. The third kappa shape index (κ3) is 3.99. The Bertz CT molecular complexity index is 1210. The normalized spacial score (nSPS) is 10.9. The fourth-order valence-electron chi connectivity index (χ4n) is 3.07. The fraction of sp³-hybridized carbons (Fsp3) is 0.136. The summed E-state index contributed by atoms with van der Waals surface area (Å²) < 4.78 is 29.3. The van der Waals surface area contributed by atoms with Crippen molar-refractivity contribution < 1.29 is 13.6 Å². The molecule has 0 aliphatic heterocycles. The summed E-state index contributed by atoms with van der Waals surface area (Å²) in [4.78, 5) is 21.6. The maximum atomic E-state index is 14.5. The van der Waals surface area contributed by atoms with Gasteiger partial charge in [-0.15, -0.1) is 11.3 Å². The van der Waals surface area contributed by atoms with Crippen LogP contribution >= 0.6 is 11.3 Å². The van der Waals surface area contributed by atoms with Gasteiger partial charge in [-0.05, 0) is 55.8 Å². The highest BCUT2D eigenvalue weighted by Gasteiger charge is 2.16. The van der Waals surface area contributed by atoms with Crippen LogP contribution in [0.5, 0.6) is 0 Å². The van der Waals surface area contributed by atoms with Crippen molar-refractivity contribution in [3.8, 4) is 16.3 Å². The van der Waals surface area contributed by atoms with E-state index in [0.29, 0.717) is 32.7 Å². The predicted molar refractivity (Wildman–Crippen MR) is 112 cm³/mol. The smallest absolute Gasteiger partial charge is 0.263 e. The first-order chi connectivity index (χ1) is 14.4. The van der Waals surface area contributed by atoms with E-state index in [1.807, 2.05) is 0 Å². The second-order valence-corrected chi connectivity index (χ2v) is 7.75. The monoisotopic (exact) mass is 424 g/mol. The molecular formula is C22H18F2N4OS. The van der Waals surface area contributed by atoms with Gasteiger partial charge in [0.2, 0.25) is 0 Å². The molecule has 30 heavy (non-hydrogen) atoms. The summed E-state index contributed by atoms with van der Waals surface area (Å²) in [6.07, 6.45) is 3.31. The van der Waals surface area contributed by atoms with Crippen LogP contribution in [0, 0.1) is 25.5 Å². The number of halogens is 2. The van der Waals surface area contributed by atoms with Crippen LogP contribution < -0.4 is 5.32 Å². The lowest BCUT2D eigenvalue weighted by Crippen LogP contribution is -2.22. The Morgan fingerprint density at radius 1 is 1.13 bits per heavy atom. The lowest BCUT2D eigenvalue weighted by Gasteiger charge is -2.09. The van der Waals surface area contributed by atoms with Crippen molar-refractivity contribution in [2.75, 3.05) is 0 Å². The van der Waals surface area contributed by atoms with Gasteiger partial charge in [0.25, 0.3) is 5.91 Å². The van der Waals surface area contributed by atoms with Gasteiger partial charge in [0, 0.05) is 24.5 Å². The highest BCUT2D eigenvalue weighted by atomic mass is 32.1. The van der Waals surface area contributed by atoms with E-state index in [2.05, 4.69) is 15.3 Å². The number of benzene rings is 2. The van der Waals surface area contributed by atoms with Gasteiger partial charge in [-0.3, -0.25) is 4.79 Å². The molecule has 0 aliphatic carbocycles. The van der Waals surface area contributed by atoms with Crippen LogP contribution in [0.1, 0.15) is 26.8 Å². The number of nitrogens with one attached hydrogen (secondary N) is 1. The second-order valence-electron chi connectivity index (χ2n) is 6.75. The van der Waals surface area contributed by atoms with E-state index in [0.717, 1.165) is 5.56 Å². The molecule has 152 valence electrons. The first-order valence-corrected chi connectivity index (χ1v) is 10.0. The van der Waals surface area contributed by atoms with Crippen LogP contribution in [-0.4, -0.2) is 20.4 Å². The number of amides is 1. The Kier molecular flexibility index (Phi) is 5.41. The van der Waals surface area contributed by atoms with E-state index in [9.17, 15) is 13.6 Å². The summed E-state index contributed by atoms with van der Waals surface area (Å²) in [7, 11) is 0. The number of rotatable bonds is 5. The number of aryl methyl sites for hydroxylation is 2. The third-order valence-electron chi connectivity index (χ3n) is 4.64. The molecular weight excluding hydrogens is 406 g/mol. The van der Waals surface area contributed by atoms with Crippen LogP contribution in [0.3, 0.4) is 0 Å². The molecule has 2 heterocycles. The van der Waals surface area contributed by atoms with Gasteiger partial charge in [-0.25, -0.2) is 18.7 Å². The van der Waals surface area contributed by atoms with E-state index in [-0.39, 0.29) is 18.3 Å². The molecule has 0 unspecified atom stereocenters. The standard InChI is InChI=1S/C22H18F2N4OS/c1-13-20(30-22(27-13)16-4-6-17(23)7-5-16)21(29)26-12-15-3-8-19(18(24)11-15)28-10-9-25-14(28)2/h3-11H,12H2,1-2H3,(H,26,29). The van der Waals surface area contributed by atoms with Crippen LogP contribution in [-0.2, 0) is 6.54 Å². The van der Waals surface area contributed by atoms with E-state index in [1.54, 1.807) is 55.1 Å². The van der Waals surface area contributed by atoms with E-state index in [1.165, 1.54) is 29.5 Å². The van der Waals surface area contributed by atoms with Crippen LogP contribution in [0.4, 0.5) is 8.78 Å². The first kappa shape index (κ1) is 19.9. The zero-order valence-electron chi connectivity index (χ0n) is 16.3. The summed E-state index contributed by atoms with van der Waals surface area (Å²) in [6.45, 7) is 3.73. The number of carbonyl (C=O) groups excluding carboxylic acids is 1. The number of hydrogen-bond donors (Lipinski definition) is 1. The number of imidazole rings is 1. The Balaban J connectivity index is 1.47. The van der Waals surface area contributed by atoms with Gasteiger partial charge in [-0.2, -0.15) is 0 Å². The van der Waals surface area contributed by atoms with Gasteiger partial charge in [0.1, 0.15) is 27.3 Å². The molecule has 2 aromatic heterocycles. The molecule has 4 aromatic rings. The van der Waals surface area contributed by atoms with Crippen molar-refractivity contribution in [2.45, 2.75) is 20.4 Å². The summed E-state index contributed by atoms with van der Waals surface area (Å²) in [5.74, 6) is -0.317. The maximum Gasteiger partial charge on any atom is 0.263 e. The summed E-state index contributed by atoms with van der Waals surface area (Å²) in [5, 5.41) is 3.45. The van der Waals surface area contributed by atoms with E-state index in [4.69, 9.17) is 0 Å². The minimum Gasteiger partial charge on any atom is -0.347 e. The highest BCUT2D eigenvalue weighted by molar-refractivity contribution is 7.17.